The molecule has 0 aliphatic rings. The van der Waals surface area contributed by atoms with Crippen LogP contribution < -0.4 is 5.56 Å². The molecule has 0 bridgehead atoms. The van der Waals surface area contributed by atoms with Gasteiger partial charge in [-0.15, -0.1) is 0 Å². The minimum atomic E-state index is -0.310. The number of halogens is 1. The number of pyridine rings is 1. The number of H-pyrrole nitrogens is 1. The van der Waals surface area contributed by atoms with E-state index in [1.165, 1.54) is 22.7 Å². The number of hydrogen-bond donors (Lipinski definition) is 1. The topological polar surface area (TPSA) is 63.0 Å². The molecule has 3 aromatic heterocycles. The van der Waals surface area contributed by atoms with Gasteiger partial charge in [0.25, 0.3) is 5.56 Å². The van der Waals surface area contributed by atoms with Crippen molar-refractivity contribution in [1.82, 2.24) is 19.6 Å². The third-order valence-corrected chi connectivity index (χ3v) is 3.61. The lowest BCUT2D eigenvalue weighted by Gasteiger charge is -2.03. The number of rotatable bonds is 2. The zero-order valence-electron chi connectivity index (χ0n) is 11.9. The highest BCUT2D eigenvalue weighted by Crippen LogP contribution is 2.24. The standard InChI is InChI=1S/C17H11FN4O/c18-13-5-3-11(4-6-13)14-10-20-22-16(23)8-15(21-17(14)22)12-2-1-7-19-9-12/h1-10,20H. The van der Waals surface area contributed by atoms with Gasteiger partial charge in [0.15, 0.2) is 5.65 Å². The third-order valence-electron chi connectivity index (χ3n) is 3.61. The van der Waals surface area contributed by atoms with Crippen molar-refractivity contribution in [3.05, 3.63) is 77.2 Å². The molecule has 112 valence electrons. The summed E-state index contributed by atoms with van der Waals surface area (Å²) in [6.45, 7) is 0. The highest BCUT2D eigenvalue weighted by Gasteiger charge is 2.12. The molecule has 0 radical (unpaired) electrons. The van der Waals surface area contributed by atoms with Crippen LogP contribution in [0.15, 0.2) is 65.8 Å². The van der Waals surface area contributed by atoms with Crippen molar-refractivity contribution < 1.29 is 4.39 Å². The SMILES string of the molecule is O=c1cc(-c2cccnc2)nc2c(-c3ccc(F)cc3)c[nH]n12. The van der Waals surface area contributed by atoms with Crippen molar-refractivity contribution in [3.63, 3.8) is 0 Å². The van der Waals surface area contributed by atoms with Gasteiger partial charge in [-0.1, -0.05) is 12.1 Å². The molecule has 1 N–H and O–H groups in total. The van der Waals surface area contributed by atoms with E-state index in [0.717, 1.165) is 16.7 Å². The zero-order valence-corrected chi connectivity index (χ0v) is 11.9. The second kappa shape index (κ2) is 5.17. The van der Waals surface area contributed by atoms with Crippen LogP contribution in [-0.4, -0.2) is 19.6 Å². The van der Waals surface area contributed by atoms with Gasteiger partial charge >= 0.3 is 0 Å². The van der Waals surface area contributed by atoms with Crippen molar-refractivity contribution in [2.24, 2.45) is 0 Å². The first-order valence-corrected chi connectivity index (χ1v) is 7.00. The summed E-state index contributed by atoms with van der Waals surface area (Å²) in [5.41, 5.74) is 3.09. The lowest BCUT2D eigenvalue weighted by Crippen LogP contribution is -2.14. The number of aromatic amines is 1. The summed E-state index contributed by atoms with van der Waals surface area (Å²) in [7, 11) is 0. The summed E-state index contributed by atoms with van der Waals surface area (Å²) in [5.74, 6) is -0.310. The molecule has 0 spiro atoms. The molecule has 23 heavy (non-hydrogen) atoms. The molecule has 0 unspecified atom stereocenters. The van der Waals surface area contributed by atoms with E-state index in [0.29, 0.717) is 11.3 Å². The Balaban J connectivity index is 1.96. The predicted molar refractivity (Wildman–Crippen MR) is 84.4 cm³/mol. The van der Waals surface area contributed by atoms with Crippen molar-refractivity contribution in [3.8, 4) is 22.4 Å². The molecule has 0 saturated carbocycles. The van der Waals surface area contributed by atoms with Gasteiger partial charge in [0, 0.05) is 35.8 Å². The van der Waals surface area contributed by atoms with Crippen LogP contribution in [0.3, 0.4) is 0 Å². The van der Waals surface area contributed by atoms with Crippen LogP contribution in [0.2, 0.25) is 0 Å². The quantitative estimate of drug-likeness (QED) is 0.619. The Morgan fingerprint density at radius 2 is 1.91 bits per heavy atom. The minimum absolute atomic E-state index is 0.220. The van der Waals surface area contributed by atoms with Crippen LogP contribution in [0.1, 0.15) is 0 Å². The van der Waals surface area contributed by atoms with Crippen LogP contribution in [0.4, 0.5) is 4.39 Å². The van der Waals surface area contributed by atoms with E-state index in [9.17, 15) is 9.18 Å². The summed E-state index contributed by atoms with van der Waals surface area (Å²) in [5, 5.41) is 2.88. The fourth-order valence-electron chi connectivity index (χ4n) is 2.49. The molecule has 0 atom stereocenters. The van der Waals surface area contributed by atoms with Crippen LogP contribution in [0, 0.1) is 5.82 Å². The van der Waals surface area contributed by atoms with E-state index in [2.05, 4.69) is 15.1 Å². The summed E-state index contributed by atoms with van der Waals surface area (Å²) < 4.78 is 14.5. The molecule has 6 heteroatoms. The number of nitrogens with zero attached hydrogens (tertiary/aromatic N) is 3. The lowest BCUT2D eigenvalue weighted by molar-refractivity contribution is 0.628. The predicted octanol–water partition coefficient (Wildman–Crippen LogP) is 2.89. The van der Waals surface area contributed by atoms with Crippen LogP contribution in [-0.2, 0) is 0 Å². The molecule has 4 aromatic rings. The second-order valence-corrected chi connectivity index (χ2v) is 5.07. The highest BCUT2D eigenvalue weighted by molar-refractivity contribution is 5.78. The van der Waals surface area contributed by atoms with E-state index in [-0.39, 0.29) is 11.4 Å². The zero-order chi connectivity index (χ0) is 15.8. The first-order valence-electron chi connectivity index (χ1n) is 7.00. The summed E-state index contributed by atoms with van der Waals surface area (Å²) in [4.78, 5) is 20.9. The average molecular weight is 306 g/mol. The Labute approximate surface area is 130 Å². The van der Waals surface area contributed by atoms with Crippen molar-refractivity contribution in [2.45, 2.75) is 0 Å². The van der Waals surface area contributed by atoms with Crippen LogP contribution >= 0.6 is 0 Å². The van der Waals surface area contributed by atoms with E-state index >= 15 is 0 Å². The summed E-state index contributed by atoms with van der Waals surface area (Å²) >= 11 is 0. The summed E-state index contributed by atoms with van der Waals surface area (Å²) in [6.07, 6.45) is 5.00. The van der Waals surface area contributed by atoms with Crippen molar-refractivity contribution in [2.75, 3.05) is 0 Å². The molecule has 0 aliphatic heterocycles. The second-order valence-electron chi connectivity index (χ2n) is 5.07. The molecule has 0 amide bonds. The van der Waals surface area contributed by atoms with E-state index in [1.807, 2.05) is 6.07 Å². The molecule has 3 heterocycles. The Morgan fingerprint density at radius 3 is 2.65 bits per heavy atom. The molecule has 0 fully saturated rings. The number of aromatic nitrogens is 4. The molecule has 0 saturated heterocycles. The van der Waals surface area contributed by atoms with Gasteiger partial charge in [-0.05, 0) is 29.8 Å². The summed E-state index contributed by atoms with van der Waals surface area (Å²) in [6, 6.07) is 11.1. The maximum atomic E-state index is 13.1. The molecular formula is C17H11FN4O. The van der Waals surface area contributed by atoms with Crippen LogP contribution in [0.5, 0.6) is 0 Å². The first kappa shape index (κ1) is 13.4. The van der Waals surface area contributed by atoms with E-state index < -0.39 is 0 Å². The first-order chi connectivity index (χ1) is 11.2. The monoisotopic (exact) mass is 306 g/mol. The Kier molecular flexibility index (Phi) is 3.01. The Bertz CT molecular complexity index is 1040. The van der Waals surface area contributed by atoms with Gasteiger partial charge in [-0.25, -0.2) is 13.9 Å². The molecule has 0 aliphatic carbocycles. The molecule has 4 rings (SSSR count). The number of fused-ring (bicyclic) bond motifs is 1. The van der Waals surface area contributed by atoms with E-state index in [1.54, 1.807) is 36.8 Å². The van der Waals surface area contributed by atoms with Gasteiger partial charge in [-0.2, -0.15) is 0 Å². The number of hydrogen-bond acceptors (Lipinski definition) is 3. The molecule has 1 aromatic carbocycles. The Hall–Kier alpha value is -3.28. The van der Waals surface area contributed by atoms with Crippen LogP contribution in [0.25, 0.3) is 28.0 Å². The maximum absolute atomic E-state index is 13.1. The largest absolute Gasteiger partial charge is 0.296 e. The number of benzene rings is 1. The highest BCUT2D eigenvalue weighted by atomic mass is 19.1. The fraction of sp³-hybridized carbons (Fsp3) is 0. The van der Waals surface area contributed by atoms with Crippen molar-refractivity contribution >= 4 is 5.65 Å². The van der Waals surface area contributed by atoms with Gasteiger partial charge in [0.1, 0.15) is 5.82 Å². The normalized spacial score (nSPS) is 11.0. The van der Waals surface area contributed by atoms with Gasteiger partial charge in [0.05, 0.1) is 5.69 Å². The van der Waals surface area contributed by atoms with Gasteiger partial charge in [0.2, 0.25) is 0 Å². The molecule has 5 nitrogen and oxygen atoms in total. The fourth-order valence-corrected chi connectivity index (χ4v) is 2.49. The smallest absolute Gasteiger partial charge is 0.273 e. The Morgan fingerprint density at radius 1 is 1.09 bits per heavy atom. The average Bonchev–Trinajstić information content (AvgIpc) is 3.01. The van der Waals surface area contributed by atoms with Gasteiger partial charge < -0.3 is 0 Å². The van der Waals surface area contributed by atoms with Gasteiger partial charge in [-0.3, -0.25) is 14.9 Å². The van der Waals surface area contributed by atoms with E-state index in [4.69, 9.17) is 0 Å². The minimum Gasteiger partial charge on any atom is -0.296 e. The lowest BCUT2D eigenvalue weighted by atomic mass is 10.1. The van der Waals surface area contributed by atoms with Crippen molar-refractivity contribution in [1.29, 1.82) is 0 Å². The molecular weight excluding hydrogens is 295 g/mol. The maximum Gasteiger partial charge on any atom is 0.273 e. The number of nitrogens with one attached hydrogen (secondary N) is 1. The third kappa shape index (κ3) is 2.30.